The summed E-state index contributed by atoms with van der Waals surface area (Å²) in [4.78, 5) is 33.2. The first kappa shape index (κ1) is 35.9. The largest absolute Gasteiger partial charge is 0.616 e. The Kier molecular flexibility index (Phi) is 11.9. The highest BCUT2D eigenvalue weighted by Gasteiger charge is 2.38. The fraction of sp³-hybridized carbons (Fsp3) is 0.724. The van der Waals surface area contributed by atoms with Crippen LogP contribution in [0, 0.1) is 10.8 Å². The van der Waals surface area contributed by atoms with E-state index in [2.05, 4.69) is 15.3 Å². The molecule has 45 heavy (non-hydrogen) atoms. The summed E-state index contributed by atoms with van der Waals surface area (Å²) >= 11 is 4.57. The highest BCUT2D eigenvalue weighted by atomic mass is 35.5. The van der Waals surface area contributed by atoms with Crippen molar-refractivity contribution in [1.82, 2.24) is 14.5 Å². The van der Waals surface area contributed by atoms with Crippen LogP contribution in [-0.2, 0) is 48.6 Å². The predicted octanol–water partition coefficient (Wildman–Crippen LogP) is 6.14. The second-order valence-corrected chi connectivity index (χ2v) is 17.7. The highest BCUT2D eigenvalue weighted by Crippen LogP contribution is 2.50. The van der Waals surface area contributed by atoms with E-state index in [0.717, 1.165) is 18.2 Å². The molecular formula is C29H44ClN4O9PS. The zero-order valence-electron chi connectivity index (χ0n) is 26.7. The molecule has 2 aromatic heterocycles. The average Bonchev–Trinajstić information content (AvgIpc) is 3.69. The van der Waals surface area contributed by atoms with Gasteiger partial charge in [0, 0.05) is 12.2 Å². The van der Waals surface area contributed by atoms with E-state index in [1.54, 1.807) is 41.5 Å². The van der Waals surface area contributed by atoms with Crippen LogP contribution >= 0.6 is 19.2 Å². The van der Waals surface area contributed by atoms with Crippen molar-refractivity contribution >= 4 is 59.2 Å². The minimum absolute atomic E-state index is 0.0557. The molecule has 13 nitrogen and oxygen atoms in total. The molecular weight excluding hydrogens is 647 g/mol. The molecule has 1 aliphatic heterocycles. The van der Waals surface area contributed by atoms with E-state index in [9.17, 15) is 18.7 Å². The van der Waals surface area contributed by atoms with Crippen LogP contribution < -0.4 is 5.32 Å². The van der Waals surface area contributed by atoms with Gasteiger partial charge in [0.15, 0.2) is 0 Å². The Balaban J connectivity index is 1.37. The second kappa shape index (κ2) is 14.9. The van der Waals surface area contributed by atoms with E-state index >= 15 is 0 Å². The van der Waals surface area contributed by atoms with Gasteiger partial charge in [-0.15, -0.1) is 0 Å². The fourth-order valence-corrected chi connectivity index (χ4v) is 8.68. The minimum Gasteiger partial charge on any atom is -0.616 e. The summed E-state index contributed by atoms with van der Waals surface area (Å²) in [6.07, 6.45) is 6.87. The van der Waals surface area contributed by atoms with Gasteiger partial charge in [-0.1, -0.05) is 12.8 Å². The molecule has 252 valence electrons. The number of halogens is 1. The third-order valence-corrected chi connectivity index (χ3v) is 11.7. The molecule has 0 amide bonds. The first-order valence-corrected chi connectivity index (χ1v) is 18.7. The van der Waals surface area contributed by atoms with Gasteiger partial charge in [-0.25, -0.2) is 4.98 Å². The lowest BCUT2D eigenvalue weighted by molar-refractivity contribution is -0.161. The van der Waals surface area contributed by atoms with E-state index in [1.165, 1.54) is 12.8 Å². The van der Waals surface area contributed by atoms with Gasteiger partial charge in [-0.3, -0.25) is 23.2 Å². The van der Waals surface area contributed by atoms with Crippen molar-refractivity contribution in [2.75, 3.05) is 30.1 Å². The average molecular weight is 691 g/mol. The molecule has 1 unspecified atom stereocenters. The lowest BCUT2D eigenvalue weighted by Gasteiger charge is -2.23. The maximum Gasteiger partial charge on any atom is 0.385 e. The Morgan fingerprint density at radius 2 is 1.64 bits per heavy atom. The first-order chi connectivity index (χ1) is 21.0. The number of ether oxygens (including phenoxy) is 3. The van der Waals surface area contributed by atoms with Crippen molar-refractivity contribution < 1.29 is 42.0 Å². The molecule has 0 bridgehead atoms. The minimum atomic E-state index is -4.12. The smallest absolute Gasteiger partial charge is 0.385 e. The maximum absolute atomic E-state index is 13.5. The number of aromatic nitrogens is 3. The number of hydrogen-bond donors (Lipinski definition) is 1. The van der Waals surface area contributed by atoms with Gasteiger partial charge < -0.3 is 28.6 Å². The second-order valence-electron chi connectivity index (χ2n) is 13.4. The van der Waals surface area contributed by atoms with Gasteiger partial charge >= 0.3 is 19.5 Å². The van der Waals surface area contributed by atoms with Crippen LogP contribution in [0.25, 0.3) is 11.0 Å². The zero-order valence-corrected chi connectivity index (χ0v) is 29.2. The van der Waals surface area contributed by atoms with E-state index in [4.69, 9.17) is 34.9 Å². The predicted molar refractivity (Wildman–Crippen MR) is 170 cm³/mol. The molecule has 4 rings (SSSR count). The lowest BCUT2D eigenvalue weighted by atomic mass is 9.98. The molecule has 0 spiro atoms. The molecule has 0 radical (unpaired) electrons. The summed E-state index contributed by atoms with van der Waals surface area (Å²) in [5, 5.41) is 4.48. The molecule has 3 atom stereocenters. The molecule has 2 aromatic rings. The van der Waals surface area contributed by atoms with Crippen LogP contribution in [-0.4, -0.2) is 68.0 Å². The summed E-state index contributed by atoms with van der Waals surface area (Å²) in [5.41, 5.74) is -1.50. The zero-order chi connectivity index (χ0) is 33.0. The molecule has 1 saturated carbocycles. The van der Waals surface area contributed by atoms with Crippen LogP contribution in [0.4, 0.5) is 5.82 Å². The standard InChI is InChI=1S/C29H44ClN4O9PS/c1-28(2,3)25(35)39-16-41-44(37,42-17-40-26(36)29(4,5)6)18-45(38)15-20-11-12-22(43-20)34-14-13-21-23(31-19-9-7-8-10-19)32-27(30)33-24(21)34/h13-14,19-20,22H,7-12,15-18H2,1-6H3,(H,31,32,33)/t20-,22+,45?/m0/s1. The SMILES string of the molecule is CC(C)(C)C(=O)OCOP(=O)(C[S+]([O-])C[C@@H]1CC[C@H](n2ccc3c(NC4CCCC4)nc(Cl)nc32)O1)OCOC(=O)C(C)(C)C. The maximum atomic E-state index is 13.5. The number of esters is 2. The number of hydrogen-bond acceptors (Lipinski definition) is 12. The Hall–Kier alpha value is -1.93. The van der Waals surface area contributed by atoms with Crippen molar-refractivity contribution in [3.8, 4) is 0 Å². The van der Waals surface area contributed by atoms with Gasteiger partial charge in [0.25, 0.3) is 0 Å². The summed E-state index contributed by atoms with van der Waals surface area (Å²) in [5.74, 6) is -0.404. The van der Waals surface area contributed by atoms with Crippen molar-refractivity contribution in [1.29, 1.82) is 0 Å². The van der Waals surface area contributed by atoms with Crippen LogP contribution in [0.2, 0.25) is 5.28 Å². The Morgan fingerprint density at radius 3 is 2.22 bits per heavy atom. The van der Waals surface area contributed by atoms with E-state index in [1.807, 2.05) is 16.8 Å². The quantitative estimate of drug-likeness (QED) is 0.0840. The van der Waals surface area contributed by atoms with Gasteiger partial charge in [-0.2, -0.15) is 4.98 Å². The summed E-state index contributed by atoms with van der Waals surface area (Å²) in [6, 6.07) is 2.28. The topological polar surface area (TPSA) is 163 Å². The normalized spacial score (nSPS) is 20.4. The van der Waals surface area contributed by atoms with Gasteiger partial charge in [0.05, 0.1) is 16.2 Å². The van der Waals surface area contributed by atoms with E-state index in [0.29, 0.717) is 30.3 Å². The van der Waals surface area contributed by atoms with Crippen LogP contribution in [0.1, 0.15) is 86.3 Å². The number of nitrogens with one attached hydrogen (secondary N) is 1. The number of fused-ring (bicyclic) bond motifs is 1. The number of carbonyl (C=O) groups excluding carboxylic acids is 2. The first-order valence-electron chi connectivity index (χ1n) is 15.1. The Labute approximate surface area is 272 Å². The van der Waals surface area contributed by atoms with Crippen molar-refractivity contribution in [2.24, 2.45) is 10.8 Å². The van der Waals surface area contributed by atoms with Crippen LogP contribution in [0.5, 0.6) is 0 Å². The van der Waals surface area contributed by atoms with Gasteiger partial charge in [0.2, 0.25) is 24.4 Å². The third-order valence-electron chi connectivity index (χ3n) is 7.41. The van der Waals surface area contributed by atoms with Gasteiger partial charge in [0.1, 0.15) is 29.5 Å². The molecule has 16 heteroatoms. The summed E-state index contributed by atoms with van der Waals surface area (Å²) in [7, 11) is -4.12. The van der Waals surface area contributed by atoms with Crippen LogP contribution in [0.15, 0.2) is 12.3 Å². The molecule has 1 saturated heterocycles. The monoisotopic (exact) mass is 690 g/mol. The van der Waals surface area contributed by atoms with E-state index < -0.39 is 66.7 Å². The van der Waals surface area contributed by atoms with Crippen molar-refractivity contribution in [3.05, 3.63) is 17.5 Å². The van der Waals surface area contributed by atoms with E-state index in [-0.39, 0.29) is 17.3 Å². The third kappa shape index (κ3) is 10.0. The van der Waals surface area contributed by atoms with Crippen molar-refractivity contribution in [2.45, 2.75) is 98.4 Å². The number of carbonyl (C=O) groups is 2. The Morgan fingerprint density at radius 1 is 1.04 bits per heavy atom. The molecule has 2 fully saturated rings. The highest BCUT2D eigenvalue weighted by molar-refractivity contribution is 7.97. The number of anilines is 1. The van der Waals surface area contributed by atoms with Gasteiger partial charge in [-0.05, 0) is 96.1 Å². The molecule has 2 aliphatic rings. The lowest BCUT2D eigenvalue weighted by Crippen LogP contribution is -2.27. The van der Waals surface area contributed by atoms with Crippen molar-refractivity contribution in [3.63, 3.8) is 0 Å². The summed E-state index contributed by atoms with van der Waals surface area (Å²) in [6.45, 7) is 8.59. The van der Waals surface area contributed by atoms with Crippen LogP contribution in [0.3, 0.4) is 0 Å². The fourth-order valence-electron chi connectivity index (χ4n) is 4.93. The molecule has 1 N–H and O–H groups in total. The molecule has 3 heterocycles. The number of nitrogens with zero attached hydrogens (tertiary/aromatic N) is 3. The number of rotatable bonds is 13. The molecule has 0 aromatic carbocycles. The Bertz CT molecular complexity index is 1350. The molecule has 1 aliphatic carbocycles. The summed E-state index contributed by atoms with van der Waals surface area (Å²) < 4.78 is 55.7.